The van der Waals surface area contributed by atoms with Gasteiger partial charge in [0.15, 0.2) is 11.0 Å². The van der Waals surface area contributed by atoms with Crippen molar-refractivity contribution in [2.75, 3.05) is 0 Å². The zero-order valence-corrected chi connectivity index (χ0v) is 10.9. The highest BCUT2D eigenvalue weighted by molar-refractivity contribution is 6.01. The molecule has 4 nitrogen and oxygen atoms in total. The minimum atomic E-state index is -1.56. The van der Waals surface area contributed by atoms with Gasteiger partial charge in [0.05, 0.1) is 12.2 Å². The van der Waals surface area contributed by atoms with Crippen LogP contribution in [0.15, 0.2) is 57.6 Å². The molecule has 0 unspecified atom stereocenters. The smallest absolute Gasteiger partial charge is 0.339 e. The van der Waals surface area contributed by atoms with Gasteiger partial charge in [-0.25, -0.2) is 4.79 Å². The number of rotatable bonds is 2. The van der Waals surface area contributed by atoms with E-state index in [9.17, 15) is 14.7 Å². The Morgan fingerprint density at radius 3 is 2.81 bits per heavy atom. The van der Waals surface area contributed by atoms with Crippen LogP contribution in [0.5, 0.6) is 0 Å². The van der Waals surface area contributed by atoms with Crippen LogP contribution in [-0.2, 0) is 0 Å². The first-order chi connectivity index (χ1) is 12.2. The summed E-state index contributed by atoms with van der Waals surface area (Å²) in [5.41, 5.74) is -1.73. The number of carbonyl (C=O) groups is 1. The molecule has 0 spiro atoms. The van der Waals surface area contributed by atoms with Crippen LogP contribution in [0.2, 0.25) is 0 Å². The zero-order valence-electron chi connectivity index (χ0n) is 15.9. The van der Waals surface area contributed by atoms with E-state index in [2.05, 4.69) is 0 Å². The van der Waals surface area contributed by atoms with Gasteiger partial charge < -0.3 is 9.52 Å². The normalized spacial score (nSPS) is 14.0. The van der Waals surface area contributed by atoms with E-state index in [1.807, 2.05) is 0 Å². The fourth-order valence-electron chi connectivity index (χ4n) is 2.02. The lowest BCUT2D eigenvalue weighted by molar-refractivity contribution is 0.0698. The van der Waals surface area contributed by atoms with Crippen LogP contribution in [0, 0.1) is 6.92 Å². The summed E-state index contributed by atoms with van der Waals surface area (Å²) in [7, 11) is 0. The summed E-state index contributed by atoms with van der Waals surface area (Å²) in [6, 6.07) is 2.04. The Kier molecular flexibility index (Phi) is 1.97. The Balaban J connectivity index is 2.58. The van der Waals surface area contributed by atoms with Gasteiger partial charge in [-0.2, -0.15) is 0 Å². The molecular formula is C17H12O4. The minimum absolute atomic E-state index is 0.0265. The van der Waals surface area contributed by atoms with Crippen molar-refractivity contribution in [3.05, 3.63) is 69.8 Å². The molecule has 1 aromatic heterocycles. The second kappa shape index (κ2) is 4.90. The van der Waals surface area contributed by atoms with Gasteiger partial charge in [-0.3, -0.25) is 4.79 Å². The molecule has 3 rings (SSSR count). The molecular weight excluding hydrogens is 268 g/mol. The third kappa shape index (κ3) is 2.10. The van der Waals surface area contributed by atoms with Crippen molar-refractivity contribution >= 4 is 16.9 Å². The highest BCUT2D eigenvalue weighted by Gasteiger charge is 2.17. The maximum Gasteiger partial charge on any atom is 0.339 e. The summed E-state index contributed by atoms with van der Waals surface area (Å²) in [5.74, 6) is -1.66. The van der Waals surface area contributed by atoms with E-state index >= 15 is 0 Å². The topological polar surface area (TPSA) is 67.5 Å². The molecule has 0 bridgehead atoms. The van der Waals surface area contributed by atoms with Gasteiger partial charge in [0.25, 0.3) is 0 Å². The number of hydrogen-bond acceptors (Lipinski definition) is 3. The Labute approximate surface area is 127 Å². The number of fused-ring (bicyclic) bond motifs is 1. The van der Waals surface area contributed by atoms with Crippen LogP contribution < -0.4 is 5.43 Å². The largest absolute Gasteiger partial charge is 0.478 e. The zero-order chi connectivity index (χ0) is 19.3. The van der Waals surface area contributed by atoms with Gasteiger partial charge in [0.2, 0.25) is 0 Å². The molecule has 2 aromatic carbocycles. The van der Waals surface area contributed by atoms with Crippen molar-refractivity contribution in [2.45, 2.75) is 6.92 Å². The minimum Gasteiger partial charge on any atom is -0.478 e. The molecule has 0 fully saturated rings. The summed E-state index contributed by atoms with van der Waals surface area (Å²) in [4.78, 5) is 24.3. The Morgan fingerprint density at radius 1 is 1.24 bits per heavy atom. The molecule has 0 saturated heterocycles. The van der Waals surface area contributed by atoms with Crippen LogP contribution in [0.3, 0.4) is 0 Å². The number of benzene rings is 2. The first-order valence-corrected chi connectivity index (χ1v) is 6.03. The second-order valence-corrected chi connectivity index (χ2v) is 4.35. The van der Waals surface area contributed by atoms with E-state index in [-0.39, 0.29) is 29.0 Å². The van der Waals surface area contributed by atoms with Gasteiger partial charge >= 0.3 is 5.97 Å². The van der Waals surface area contributed by atoms with Crippen LogP contribution in [0.4, 0.5) is 0 Å². The van der Waals surface area contributed by atoms with Gasteiger partial charge in [-0.1, -0.05) is 36.3 Å². The average molecular weight is 285 g/mol. The van der Waals surface area contributed by atoms with Crippen LogP contribution in [-0.4, -0.2) is 11.1 Å². The van der Waals surface area contributed by atoms with Crippen molar-refractivity contribution in [3.63, 3.8) is 0 Å². The second-order valence-electron chi connectivity index (χ2n) is 4.35. The molecule has 4 heteroatoms. The molecule has 0 amide bonds. The molecule has 21 heavy (non-hydrogen) atoms. The van der Waals surface area contributed by atoms with Crippen molar-refractivity contribution < 1.29 is 21.2 Å². The standard InChI is InChI=1S/C17H12O4/c1-10-14(18)12-8-5-9-13(17(19)20)16(12)21-15(10)11-6-3-2-4-7-11/h2-9H,1H3,(H,19,20)/i3D,5D,6D,8D,9D. The molecule has 104 valence electrons. The molecule has 0 aliphatic heterocycles. The van der Waals surface area contributed by atoms with E-state index in [1.54, 1.807) is 0 Å². The predicted molar refractivity (Wildman–Crippen MR) is 79.6 cm³/mol. The maximum absolute atomic E-state index is 12.8. The predicted octanol–water partition coefficient (Wildman–Crippen LogP) is 3.47. The first kappa shape index (κ1) is 8.42. The molecule has 3 aromatic rings. The molecule has 0 radical (unpaired) electrons. The molecule has 0 aliphatic carbocycles. The van der Waals surface area contributed by atoms with Crippen LogP contribution >= 0.6 is 0 Å². The molecule has 1 heterocycles. The summed E-state index contributed by atoms with van der Waals surface area (Å²) in [6.45, 7) is 1.40. The van der Waals surface area contributed by atoms with Crippen molar-refractivity contribution in [1.29, 1.82) is 0 Å². The molecule has 0 aliphatic rings. The van der Waals surface area contributed by atoms with E-state index < -0.39 is 46.1 Å². The number of carboxylic acid groups (broad SMARTS) is 1. The van der Waals surface area contributed by atoms with Crippen molar-refractivity contribution in [2.24, 2.45) is 0 Å². The molecule has 1 N–H and O–H groups in total. The lowest BCUT2D eigenvalue weighted by atomic mass is 10.0. The summed E-state index contributed by atoms with van der Waals surface area (Å²) < 4.78 is 44.8. The number of aromatic carboxylic acids is 1. The van der Waals surface area contributed by atoms with Gasteiger partial charge in [-0.15, -0.1) is 0 Å². The van der Waals surface area contributed by atoms with Crippen molar-refractivity contribution in [3.8, 4) is 11.3 Å². The SMILES string of the molecule is [2H]c1cccc(-c2oc3c(C(=O)O)c([2H])c([2H])c([2H])c3c(=O)c2C)c1[2H]. The molecule has 0 saturated carbocycles. The van der Waals surface area contributed by atoms with Crippen molar-refractivity contribution in [1.82, 2.24) is 0 Å². The number of hydrogen-bond donors (Lipinski definition) is 1. The highest BCUT2D eigenvalue weighted by Crippen LogP contribution is 2.27. The Morgan fingerprint density at radius 2 is 2.05 bits per heavy atom. The third-order valence-corrected chi connectivity index (χ3v) is 3.05. The monoisotopic (exact) mass is 285 g/mol. The average Bonchev–Trinajstić information content (AvgIpc) is 2.58. The van der Waals surface area contributed by atoms with Gasteiger partial charge in [0.1, 0.15) is 11.3 Å². The highest BCUT2D eigenvalue weighted by atomic mass is 16.4. The summed E-state index contributed by atoms with van der Waals surface area (Å²) in [6.07, 6.45) is 0. The fraction of sp³-hybridized carbons (Fsp3) is 0.0588. The Hall–Kier alpha value is -2.88. The lowest BCUT2D eigenvalue weighted by Gasteiger charge is -2.08. The van der Waals surface area contributed by atoms with E-state index in [1.165, 1.54) is 25.1 Å². The number of carboxylic acids is 1. The summed E-state index contributed by atoms with van der Waals surface area (Å²) >= 11 is 0. The number of para-hydroxylation sites is 1. The van der Waals surface area contributed by atoms with E-state index in [0.29, 0.717) is 0 Å². The fourth-order valence-corrected chi connectivity index (χ4v) is 2.02. The third-order valence-electron chi connectivity index (χ3n) is 3.05. The van der Waals surface area contributed by atoms with Crippen LogP contribution in [0.25, 0.3) is 22.3 Å². The van der Waals surface area contributed by atoms with E-state index in [4.69, 9.17) is 11.3 Å². The van der Waals surface area contributed by atoms with Gasteiger partial charge in [0, 0.05) is 11.1 Å². The maximum atomic E-state index is 12.8. The quantitative estimate of drug-likeness (QED) is 0.783. The summed E-state index contributed by atoms with van der Waals surface area (Å²) in [5, 5.41) is 9.02. The van der Waals surface area contributed by atoms with Gasteiger partial charge in [-0.05, 0) is 19.0 Å². The first-order valence-electron chi connectivity index (χ1n) is 8.53. The molecule has 0 atom stereocenters. The van der Waals surface area contributed by atoms with E-state index in [0.717, 1.165) is 0 Å². The van der Waals surface area contributed by atoms with Crippen LogP contribution in [0.1, 0.15) is 22.8 Å². The lowest BCUT2D eigenvalue weighted by Crippen LogP contribution is -2.09. The Bertz CT molecular complexity index is 1150.